The molecule has 0 bridgehead atoms. The minimum Gasteiger partial charge on any atom is -0.390 e. The van der Waals surface area contributed by atoms with Crippen molar-refractivity contribution in [2.45, 2.75) is 37.5 Å². The molecule has 3 N–H and O–H groups in total. The monoisotopic (exact) mass is 283 g/mol. The molecule has 0 aromatic heterocycles. The van der Waals surface area contributed by atoms with Crippen molar-refractivity contribution >= 4 is 17.5 Å². The molecule has 0 saturated heterocycles. The third-order valence-corrected chi connectivity index (χ3v) is 3.41. The molecule has 2 atom stereocenters. The van der Waals surface area contributed by atoms with E-state index < -0.39 is 12.2 Å². The first-order chi connectivity index (χ1) is 9.11. The van der Waals surface area contributed by atoms with Crippen molar-refractivity contribution in [2.75, 3.05) is 5.88 Å². The molecule has 2 rings (SSSR count). The maximum absolute atomic E-state index is 11.8. The summed E-state index contributed by atoms with van der Waals surface area (Å²) in [5.74, 6) is 0.199. The Balaban J connectivity index is 1.98. The lowest BCUT2D eigenvalue weighted by Crippen LogP contribution is -2.25. The minimum absolute atomic E-state index is 0.0927. The number of rotatable bonds is 6. The fourth-order valence-electron chi connectivity index (χ4n) is 1.82. The van der Waals surface area contributed by atoms with Gasteiger partial charge in [-0.2, -0.15) is 0 Å². The molecule has 19 heavy (non-hydrogen) atoms. The van der Waals surface area contributed by atoms with Crippen LogP contribution in [0.25, 0.3) is 0 Å². The first-order valence-electron chi connectivity index (χ1n) is 6.44. The lowest BCUT2D eigenvalue weighted by atomic mass is 10.0. The Hall–Kier alpha value is -1.10. The summed E-state index contributed by atoms with van der Waals surface area (Å²) in [7, 11) is 0. The number of halogens is 1. The molecule has 1 amide bonds. The Kier molecular flexibility index (Phi) is 4.80. The molecule has 1 aromatic rings. The van der Waals surface area contributed by atoms with Crippen LogP contribution < -0.4 is 5.32 Å². The summed E-state index contributed by atoms with van der Waals surface area (Å²) in [6.07, 6.45) is 0.565. The number of hydrogen-bond donors (Lipinski definition) is 3. The molecule has 1 fully saturated rings. The van der Waals surface area contributed by atoms with Crippen LogP contribution in [0.5, 0.6) is 0 Å². The molecule has 1 aromatic carbocycles. The second-order valence-corrected chi connectivity index (χ2v) is 5.24. The third-order valence-electron chi connectivity index (χ3n) is 3.20. The van der Waals surface area contributed by atoms with Crippen LogP contribution in [0.3, 0.4) is 0 Å². The zero-order valence-electron chi connectivity index (χ0n) is 10.6. The van der Waals surface area contributed by atoms with Crippen molar-refractivity contribution in [3.63, 3.8) is 0 Å². The van der Waals surface area contributed by atoms with Crippen LogP contribution in [0.1, 0.15) is 41.3 Å². The van der Waals surface area contributed by atoms with Crippen molar-refractivity contribution in [1.82, 2.24) is 5.32 Å². The van der Waals surface area contributed by atoms with Gasteiger partial charge in [-0.1, -0.05) is 12.1 Å². The van der Waals surface area contributed by atoms with Crippen LogP contribution >= 0.6 is 11.6 Å². The van der Waals surface area contributed by atoms with Gasteiger partial charge in [0.05, 0.1) is 6.10 Å². The van der Waals surface area contributed by atoms with E-state index >= 15 is 0 Å². The van der Waals surface area contributed by atoms with Gasteiger partial charge < -0.3 is 15.5 Å². The van der Waals surface area contributed by atoms with Crippen molar-refractivity contribution in [1.29, 1.82) is 0 Å². The van der Waals surface area contributed by atoms with Crippen LogP contribution in [-0.4, -0.2) is 34.1 Å². The summed E-state index contributed by atoms with van der Waals surface area (Å²) >= 11 is 5.53. The number of nitrogens with one attached hydrogen (secondary N) is 1. The molecule has 2 unspecified atom stereocenters. The van der Waals surface area contributed by atoms with E-state index in [1.54, 1.807) is 24.3 Å². The number of aliphatic hydroxyl groups excluding tert-OH is 2. The lowest BCUT2D eigenvalue weighted by molar-refractivity contribution is 0.0170. The van der Waals surface area contributed by atoms with Gasteiger partial charge in [0.1, 0.15) is 6.10 Å². The molecule has 5 heteroatoms. The third kappa shape index (κ3) is 3.93. The molecule has 1 saturated carbocycles. The number of carbonyl (C=O) groups is 1. The molecule has 0 radical (unpaired) electrons. The van der Waals surface area contributed by atoms with Gasteiger partial charge in [0.15, 0.2) is 0 Å². The van der Waals surface area contributed by atoms with Gasteiger partial charge in [-0.25, -0.2) is 0 Å². The van der Waals surface area contributed by atoms with Crippen LogP contribution in [0.15, 0.2) is 24.3 Å². The molecule has 1 aliphatic rings. The molecule has 1 aliphatic carbocycles. The maximum Gasteiger partial charge on any atom is 0.251 e. The highest BCUT2D eigenvalue weighted by molar-refractivity contribution is 6.17. The predicted molar refractivity (Wildman–Crippen MR) is 73.2 cm³/mol. The van der Waals surface area contributed by atoms with E-state index in [0.717, 1.165) is 12.8 Å². The van der Waals surface area contributed by atoms with Crippen LogP contribution in [-0.2, 0) is 0 Å². The fraction of sp³-hybridized carbons (Fsp3) is 0.500. The SMILES string of the molecule is O=C(NC1CC1)c1ccc(C(O)C(O)CCCl)cc1. The quantitative estimate of drug-likeness (QED) is 0.695. The molecular weight excluding hydrogens is 266 g/mol. The zero-order valence-corrected chi connectivity index (χ0v) is 11.3. The Morgan fingerprint density at radius 3 is 2.47 bits per heavy atom. The van der Waals surface area contributed by atoms with Gasteiger partial charge in [-0.3, -0.25) is 4.79 Å². The topological polar surface area (TPSA) is 69.6 Å². The first-order valence-corrected chi connectivity index (χ1v) is 6.98. The van der Waals surface area contributed by atoms with Crippen LogP contribution in [0.2, 0.25) is 0 Å². The summed E-state index contributed by atoms with van der Waals surface area (Å²) in [5, 5.41) is 22.5. The van der Waals surface area contributed by atoms with Crippen molar-refractivity contribution in [3.05, 3.63) is 35.4 Å². The Labute approximate surface area is 117 Å². The summed E-state index contributed by atoms with van der Waals surface area (Å²) < 4.78 is 0. The molecular formula is C14H18ClNO3. The van der Waals surface area contributed by atoms with E-state index in [4.69, 9.17) is 11.6 Å². The van der Waals surface area contributed by atoms with Gasteiger partial charge in [-0.05, 0) is 37.0 Å². The van der Waals surface area contributed by atoms with Gasteiger partial charge in [0.2, 0.25) is 0 Å². The number of carbonyl (C=O) groups excluding carboxylic acids is 1. The van der Waals surface area contributed by atoms with Crippen molar-refractivity contribution in [3.8, 4) is 0 Å². The maximum atomic E-state index is 11.8. The first kappa shape index (κ1) is 14.3. The van der Waals surface area contributed by atoms with E-state index in [1.807, 2.05) is 0 Å². The molecule has 0 heterocycles. The van der Waals surface area contributed by atoms with E-state index in [0.29, 0.717) is 29.5 Å². The van der Waals surface area contributed by atoms with E-state index in [-0.39, 0.29) is 5.91 Å². The van der Waals surface area contributed by atoms with Crippen molar-refractivity contribution in [2.24, 2.45) is 0 Å². The zero-order chi connectivity index (χ0) is 13.8. The Morgan fingerprint density at radius 2 is 1.95 bits per heavy atom. The second kappa shape index (κ2) is 6.37. The van der Waals surface area contributed by atoms with Gasteiger partial charge >= 0.3 is 0 Å². The van der Waals surface area contributed by atoms with E-state index in [2.05, 4.69) is 5.32 Å². The van der Waals surface area contributed by atoms with E-state index in [1.165, 1.54) is 0 Å². The predicted octanol–water partition coefficient (Wildman–Crippen LogP) is 1.60. The average molecular weight is 284 g/mol. The number of aliphatic hydroxyl groups is 2. The van der Waals surface area contributed by atoms with Gasteiger partial charge in [-0.15, -0.1) is 11.6 Å². The number of benzene rings is 1. The number of amides is 1. The highest BCUT2D eigenvalue weighted by atomic mass is 35.5. The lowest BCUT2D eigenvalue weighted by Gasteiger charge is -2.17. The smallest absolute Gasteiger partial charge is 0.251 e. The highest BCUT2D eigenvalue weighted by Gasteiger charge is 2.24. The highest BCUT2D eigenvalue weighted by Crippen LogP contribution is 2.21. The molecule has 0 aliphatic heterocycles. The fourth-order valence-corrected chi connectivity index (χ4v) is 2.04. The Bertz CT molecular complexity index is 431. The Morgan fingerprint density at radius 1 is 1.32 bits per heavy atom. The van der Waals surface area contributed by atoms with Gasteiger partial charge in [0, 0.05) is 17.5 Å². The van der Waals surface area contributed by atoms with Crippen LogP contribution in [0, 0.1) is 0 Å². The second-order valence-electron chi connectivity index (χ2n) is 4.86. The minimum atomic E-state index is -0.973. The summed E-state index contributed by atoms with van der Waals surface area (Å²) in [6.45, 7) is 0. The molecule has 0 spiro atoms. The normalized spacial score (nSPS) is 17.8. The molecule has 104 valence electrons. The summed E-state index contributed by atoms with van der Waals surface area (Å²) in [6, 6.07) is 6.95. The largest absolute Gasteiger partial charge is 0.390 e. The summed E-state index contributed by atoms with van der Waals surface area (Å²) in [4.78, 5) is 11.8. The van der Waals surface area contributed by atoms with Crippen molar-refractivity contribution < 1.29 is 15.0 Å². The van der Waals surface area contributed by atoms with Gasteiger partial charge in [0.25, 0.3) is 5.91 Å². The standard InChI is InChI=1S/C14H18ClNO3/c15-8-7-12(17)13(18)9-1-3-10(4-2-9)14(19)16-11-5-6-11/h1-4,11-13,17-18H,5-8H2,(H,16,19). The average Bonchev–Trinajstić information content (AvgIpc) is 3.22. The number of alkyl halides is 1. The number of hydrogen-bond acceptors (Lipinski definition) is 3. The van der Waals surface area contributed by atoms with E-state index in [9.17, 15) is 15.0 Å². The summed E-state index contributed by atoms with van der Waals surface area (Å²) in [5.41, 5.74) is 1.15. The van der Waals surface area contributed by atoms with Crippen LogP contribution in [0.4, 0.5) is 0 Å². The molecule has 4 nitrogen and oxygen atoms in total.